The summed E-state index contributed by atoms with van der Waals surface area (Å²) in [6, 6.07) is 4.75. The lowest BCUT2D eigenvalue weighted by Crippen LogP contribution is -2.28. The first-order chi connectivity index (χ1) is 7.04. The van der Waals surface area contributed by atoms with E-state index in [0.717, 1.165) is 5.56 Å². The summed E-state index contributed by atoms with van der Waals surface area (Å²) in [6.45, 7) is 0.304. The van der Waals surface area contributed by atoms with Gasteiger partial charge >= 0.3 is 6.09 Å². The molecule has 0 radical (unpaired) electrons. The fourth-order valence-corrected chi connectivity index (χ4v) is 1.31. The first kappa shape index (κ1) is 11.5. The lowest BCUT2D eigenvalue weighted by atomic mass is 10.1. The van der Waals surface area contributed by atoms with Gasteiger partial charge in [-0.05, 0) is 11.6 Å². The molecule has 15 heavy (non-hydrogen) atoms. The van der Waals surface area contributed by atoms with Gasteiger partial charge in [-0.15, -0.1) is 0 Å². The van der Waals surface area contributed by atoms with Gasteiger partial charge in [0.2, 0.25) is 0 Å². The highest BCUT2D eigenvalue weighted by molar-refractivity contribution is 6.31. The Kier molecular flexibility index (Phi) is 3.65. The number of hydrogen-bond acceptors (Lipinski definition) is 3. The van der Waals surface area contributed by atoms with E-state index in [1.807, 2.05) is 5.32 Å². The largest absolute Gasteiger partial charge is 0.465 e. The van der Waals surface area contributed by atoms with Gasteiger partial charge in [0.15, 0.2) is 0 Å². The van der Waals surface area contributed by atoms with Gasteiger partial charge in [-0.3, -0.25) is 10.7 Å². The Hall–Kier alpha value is -1.59. The predicted molar refractivity (Wildman–Crippen MR) is 57.3 cm³/mol. The quantitative estimate of drug-likeness (QED) is 0.454. The molecule has 0 aliphatic rings. The summed E-state index contributed by atoms with van der Waals surface area (Å²) in [5.41, 5.74) is 6.57. The second-order valence-corrected chi connectivity index (χ2v) is 3.22. The van der Waals surface area contributed by atoms with Gasteiger partial charge in [0.1, 0.15) is 5.84 Å². The van der Waals surface area contributed by atoms with Crippen LogP contribution < -0.4 is 11.1 Å². The van der Waals surface area contributed by atoms with Gasteiger partial charge in [-0.1, -0.05) is 23.7 Å². The maximum absolute atomic E-state index is 10.3. The van der Waals surface area contributed by atoms with E-state index >= 15 is 0 Å². The van der Waals surface area contributed by atoms with Crippen molar-refractivity contribution in [2.24, 2.45) is 5.73 Å². The summed E-state index contributed by atoms with van der Waals surface area (Å²) in [7, 11) is 0. The van der Waals surface area contributed by atoms with E-state index in [1.165, 1.54) is 6.07 Å². The number of amidine groups is 1. The van der Waals surface area contributed by atoms with Crippen LogP contribution in [0.5, 0.6) is 0 Å². The van der Waals surface area contributed by atoms with Crippen molar-refractivity contribution in [1.82, 2.24) is 5.32 Å². The number of nitrogens with one attached hydrogen (secondary N) is 2. The fraction of sp³-hybridized carbons (Fsp3) is 0.111. The summed E-state index contributed by atoms with van der Waals surface area (Å²) in [5.74, 6) is -0.215. The molecule has 0 spiro atoms. The number of carboxylic acid groups (broad SMARTS) is 1. The second-order valence-electron chi connectivity index (χ2n) is 2.82. The molecule has 0 atom stereocenters. The highest BCUT2D eigenvalue weighted by Crippen LogP contribution is 2.17. The lowest BCUT2D eigenvalue weighted by molar-refractivity contribution is 0.200. The van der Waals surface area contributed by atoms with Crippen molar-refractivity contribution in [3.63, 3.8) is 0 Å². The molecule has 0 bridgehead atoms. The number of rotatable bonds is 2. The molecule has 0 aliphatic heterocycles. The van der Waals surface area contributed by atoms with Crippen molar-refractivity contribution >= 4 is 23.5 Å². The third-order valence-corrected chi connectivity index (χ3v) is 2.15. The molecule has 0 aromatic heterocycles. The van der Waals surface area contributed by atoms with Crippen LogP contribution in [0, 0.1) is 5.41 Å². The molecule has 6 heteroatoms. The first-order valence-corrected chi connectivity index (χ1v) is 4.49. The molecule has 0 saturated carbocycles. The maximum atomic E-state index is 10.3. The highest BCUT2D eigenvalue weighted by Gasteiger charge is 2.07. The van der Waals surface area contributed by atoms with E-state index in [4.69, 9.17) is 27.9 Å². The van der Waals surface area contributed by atoms with Gasteiger partial charge < -0.3 is 10.8 Å². The monoisotopic (exact) mass is 227 g/mol. The van der Waals surface area contributed by atoms with Gasteiger partial charge in [-0.2, -0.15) is 0 Å². The Morgan fingerprint density at radius 3 is 2.73 bits per heavy atom. The topological polar surface area (TPSA) is 99.2 Å². The summed E-state index contributed by atoms with van der Waals surface area (Å²) in [4.78, 5) is 10.3. The van der Waals surface area contributed by atoms with E-state index in [9.17, 15) is 4.79 Å². The second kappa shape index (κ2) is 4.77. The van der Waals surface area contributed by atoms with E-state index in [2.05, 4.69) is 0 Å². The van der Waals surface area contributed by atoms with Gasteiger partial charge in [0.25, 0.3) is 0 Å². The molecule has 5 N–H and O–H groups in total. The number of amides is 1. The summed E-state index contributed by atoms with van der Waals surface area (Å²) >= 11 is 5.86. The van der Waals surface area contributed by atoms with E-state index in [-0.39, 0.29) is 5.84 Å². The van der Waals surface area contributed by atoms with Crippen molar-refractivity contribution < 1.29 is 9.90 Å². The molecular weight excluding hydrogens is 218 g/mol. The third-order valence-electron chi connectivity index (χ3n) is 1.79. The van der Waals surface area contributed by atoms with E-state index in [0.29, 0.717) is 17.1 Å². The van der Waals surface area contributed by atoms with Crippen molar-refractivity contribution in [1.29, 1.82) is 5.41 Å². The van der Waals surface area contributed by atoms with Crippen LogP contribution in [0.1, 0.15) is 11.1 Å². The standard InChI is InChI=1S/C9H10ClN3O2/c10-7-3-5(1-2-6(7)4-11)8(12)13-9(14)15/h1-3H,4,11H2,(H2,12,13)(H,14,15). The number of halogens is 1. The van der Waals surface area contributed by atoms with Crippen molar-refractivity contribution in [2.75, 3.05) is 0 Å². The molecule has 5 nitrogen and oxygen atoms in total. The molecule has 0 aliphatic carbocycles. The molecule has 0 saturated heterocycles. The van der Waals surface area contributed by atoms with Crippen molar-refractivity contribution in [3.05, 3.63) is 34.3 Å². The molecule has 1 aromatic carbocycles. The summed E-state index contributed by atoms with van der Waals surface area (Å²) in [6.07, 6.45) is -1.28. The molecule has 0 unspecified atom stereocenters. The van der Waals surface area contributed by atoms with Crippen molar-refractivity contribution in [3.8, 4) is 0 Å². The normalized spacial score (nSPS) is 9.73. The van der Waals surface area contributed by atoms with E-state index < -0.39 is 6.09 Å². The molecule has 1 amide bonds. The number of hydrogen-bond donors (Lipinski definition) is 4. The maximum Gasteiger partial charge on any atom is 0.410 e. The van der Waals surface area contributed by atoms with Crippen molar-refractivity contribution in [2.45, 2.75) is 6.54 Å². The minimum atomic E-state index is -1.28. The minimum Gasteiger partial charge on any atom is -0.465 e. The Morgan fingerprint density at radius 1 is 1.60 bits per heavy atom. The van der Waals surface area contributed by atoms with Crippen LogP contribution in [-0.2, 0) is 6.54 Å². The number of nitrogens with two attached hydrogens (primary N) is 1. The zero-order valence-electron chi connectivity index (χ0n) is 7.75. The fourth-order valence-electron chi connectivity index (χ4n) is 1.05. The van der Waals surface area contributed by atoms with Crippen LogP contribution in [-0.4, -0.2) is 17.0 Å². The summed E-state index contributed by atoms with van der Waals surface area (Å²) < 4.78 is 0. The third kappa shape index (κ3) is 2.93. The molecule has 80 valence electrons. The minimum absolute atomic E-state index is 0.215. The highest BCUT2D eigenvalue weighted by atomic mass is 35.5. The predicted octanol–water partition coefficient (Wildman–Crippen LogP) is 1.39. The van der Waals surface area contributed by atoms with Gasteiger partial charge in [0.05, 0.1) is 0 Å². The average Bonchev–Trinajstić information content (AvgIpc) is 2.16. The first-order valence-electron chi connectivity index (χ1n) is 4.12. The van der Waals surface area contributed by atoms with Gasteiger partial charge in [0, 0.05) is 17.1 Å². The zero-order chi connectivity index (χ0) is 11.4. The average molecular weight is 228 g/mol. The van der Waals surface area contributed by atoms with Crippen LogP contribution >= 0.6 is 11.6 Å². The lowest BCUT2D eigenvalue weighted by Gasteiger charge is -2.06. The zero-order valence-corrected chi connectivity index (χ0v) is 8.51. The Bertz CT molecular complexity index is 406. The van der Waals surface area contributed by atoms with Crippen LogP contribution in [0.3, 0.4) is 0 Å². The van der Waals surface area contributed by atoms with Crippen LogP contribution in [0.15, 0.2) is 18.2 Å². The van der Waals surface area contributed by atoms with E-state index in [1.54, 1.807) is 12.1 Å². The number of carbonyl (C=O) groups is 1. The van der Waals surface area contributed by atoms with Crippen LogP contribution in [0.4, 0.5) is 4.79 Å². The Balaban J connectivity index is 2.92. The molecule has 1 rings (SSSR count). The molecule has 0 fully saturated rings. The summed E-state index contributed by atoms with van der Waals surface area (Å²) in [5, 5.41) is 18.2. The molecule has 1 aromatic rings. The number of benzene rings is 1. The smallest absolute Gasteiger partial charge is 0.410 e. The molecular formula is C9H10ClN3O2. The Labute approximate surface area is 91.4 Å². The van der Waals surface area contributed by atoms with Crippen LogP contribution in [0.2, 0.25) is 5.02 Å². The van der Waals surface area contributed by atoms with Crippen LogP contribution in [0.25, 0.3) is 0 Å². The van der Waals surface area contributed by atoms with Gasteiger partial charge in [-0.25, -0.2) is 4.79 Å². The SMILES string of the molecule is N=C(NC(=O)O)c1ccc(CN)c(Cl)c1. The molecule has 0 heterocycles. The Morgan fingerprint density at radius 2 is 2.27 bits per heavy atom.